The van der Waals surface area contributed by atoms with Crippen molar-refractivity contribution in [2.75, 3.05) is 0 Å². The van der Waals surface area contributed by atoms with Crippen molar-refractivity contribution in [2.45, 2.75) is 106 Å². The topological polar surface area (TPSA) is 86.8 Å². The van der Waals surface area contributed by atoms with Crippen LogP contribution in [0.3, 0.4) is 0 Å². The summed E-state index contributed by atoms with van der Waals surface area (Å²) in [6, 6.07) is 84.0. The number of benzene rings is 8. The molecule has 90 heavy (non-hydrogen) atoms. The van der Waals surface area contributed by atoms with Gasteiger partial charge in [-0.25, -0.2) is 18.7 Å². The molecule has 0 atom stereocenters. The minimum atomic E-state index is 0. The second-order valence-electron chi connectivity index (χ2n) is 21.6. The van der Waals surface area contributed by atoms with Gasteiger partial charge in [0, 0.05) is 47.6 Å². The normalized spacial score (nSPS) is 10.3. The fraction of sp³-hybridized carbons (Fsp3) is 0.222. The van der Waals surface area contributed by atoms with E-state index >= 15 is 0 Å². The average Bonchev–Trinajstić information content (AvgIpc) is 3.42. The molecule has 4 aromatic heterocycles. The maximum atomic E-state index is 4.66. The van der Waals surface area contributed by atoms with Gasteiger partial charge in [-0.1, -0.05) is 194 Å². The summed E-state index contributed by atoms with van der Waals surface area (Å²) in [7, 11) is 0. The smallest absolute Gasteiger partial charge is 1.00 e. The molecule has 0 unspecified atom stereocenters. The van der Waals surface area contributed by atoms with Gasteiger partial charge in [-0.05, 0) is 77.6 Å². The first-order valence-electron chi connectivity index (χ1n) is 29.0. The Kier molecular flexibility index (Phi) is 33.5. The van der Waals surface area contributed by atoms with Gasteiger partial charge >= 0.3 is 40.8 Å². The van der Waals surface area contributed by atoms with E-state index in [0.29, 0.717) is 24.2 Å². The zero-order valence-corrected chi connectivity index (χ0v) is 57.9. The zero-order valence-electron chi connectivity index (χ0n) is 51.7. The molecular weight excluding hydrogens is 1390 g/mol. The van der Waals surface area contributed by atoms with Crippen molar-refractivity contribution in [3.63, 3.8) is 0 Å². The fourth-order valence-electron chi connectivity index (χ4n) is 9.03. The molecule has 4 heterocycles. The van der Waals surface area contributed by atoms with Gasteiger partial charge in [0.25, 0.3) is 0 Å². The summed E-state index contributed by atoms with van der Waals surface area (Å²) in [5.41, 5.74) is 13.6. The van der Waals surface area contributed by atoms with E-state index in [0.717, 1.165) is 71.2 Å². The van der Waals surface area contributed by atoms with Crippen LogP contribution in [-0.2, 0) is 67.0 Å². The third-order valence-corrected chi connectivity index (χ3v) is 13.6. The van der Waals surface area contributed by atoms with E-state index in [9.17, 15) is 0 Å². The van der Waals surface area contributed by atoms with Gasteiger partial charge in [0.1, 0.15) is 26.2 Å². The molecule has 472 valence electrons. The number of hydrogen-bond donors (Lipinski definition) is 0. The zero-order chi connectivity index (χ0) is 58.6. The van der Waals surface area contributed by atoms with E-state index < -0.39 is 0 Å². The Hall–Kier alpha value is -7.20. The Morgan fingerprint density at radius 3 is 0.544 bits per heavy atom. The van der Waals surface area contributed by atoms with E-state index in [-0.39, 0.29) is 90.5 Å². The summed E-state index contributed by atoms with van der Waals surface area (Å²) >= 11 is 0. The summed E-state index contributed by atoms with van der Waals surface area (Å²) in [5.74, 6) is 0. The minimum Gasteiger partial charge on any atom is -1.00 e. The molecule has 8 aromatic carbocycles. The molecule has 0 radical (unpaired) electrons. The van der Waals surface area contributed by atoms with Gasteiger partial charge in [-0.2, -0.15) is 18.7 Å². The Labute approximate surface area is 584 Å². The van der Waals surface area contributed by atoms with Crippen LogP contribution in [0, 0.1) is 24.8 Å². The van der Waals surface area contributed by atoms with Crippen LogP contribution in [0.15, 0.2) is 243 Å². The van der Waals surface area contributed by atoms with E-state index in [2.05, 4.69) is 247 Å². The van der Waals surface area contributed by atoms with Gasteiger partial charge in [0.2, 0.25) is 0 Å². The molecular formula is C72H76Cl4N12Pd2. The summed E-state index contributed by atoms with van der Waals surface area (Å²) in [4.78, 5) is 0. The SMILES string of the molecule is CC(C)[n+]1[c-]c(-c2ccccc2)n(Cc2ccccc2)n1.CC(C)[n+]1[c-]c(-c2ccccc2)n(Cc2ccccc2)n1.CC(C)[n+]1[c-]c(-c2ccccc2)n(Cc2ccccc2)n1.CC(C)[n+]1[c-]c(-c2ccccc2)n(Cc2ccccc2)n1.[Cl-].[Cl-].[Cl-].[Cl-].[Pd+2].[Pd+2]. The van der Waals surface area contributed by atoms with Crippen molar-refractivity contribution < 1.29 is 109 Å². The van der Waals surface area contributed by atoms with Crippen molar-refractivity contribution in [2.24, 2.45) is 0 Å². The van der Waals surface area contributed by atoms with Gasteiger partial charge in [0.15, 0.2) is 0 Å². The maximum absolute atomic E-state index is 4.66. The predicted octanol–water partition coefficient (Wildman–Crippen LogP) is 1.08. The Morgan fingerprint density at radius 2 is 0.400 bits per heavy atom. The summed E-state index contributed by atoms with van der Waals surface area (Å²) in [6.45, 7) is 19.9. The molecule has 0 saturated carbocycles. The first-order valence-corrected chi connectivity index (χ1v) is 29.0. The first kappa shape index (κ1) is 77.0. The number of nitrogens with zero attached hydrogens (tertiary/aromatic N) is 12. The third kappa shape index (κ3) is 22.0. The van der Waals surface area contributed by atoms with Crippen molar-refractivity contribution in [3.8, 4) is 45.0 Å². The Bertz CT molecular complexity index is 3350. The maximum Gasteiger partial charge on any atom is 2.00 e. The summed E-state index contributed by atoms with van der Waals surface area (Å²) < 4.78 is 15.7. The van der Waals surface area contributed by atoms with Crippen molar-refractivity contribution >= 4 is 0 Å². The molecule has 0 saturated heterocycles. The Balaban J connectivity index is 0.000000307. The Morgan fingerprint density at radius 1 is 0.256 bits per heavy atom. The molecule has 0 amide bonds. The van der Waals surface area contributed by atoms with Crippen molar-refractivity contribution in [1.29, 1.82) is 0 Å². The molecule has 12 nitrogen and oxygen atoms in total. The van der Waals surface area contributed by atoms with Gasteiger partial charge < -0.3 is 49.6 Å². The number of aromatic nitrogens is 12. The standard InChI is InChI=1S/4C18H19N3.4ClH.2Pd/c4*1-15(2)20-14-18(17-11-7-4-8-12-17)21(19-20)13-16-9-5-3-6-10-16;;;;;;/h4*3-12,15H,13H2,1-2H3;4*1H;;/q;;;;;;;;2*+2/p-4. The van der Waals surface area contributed by atoms with Crippen LogP contribution >= 0.6 is 0 Å². The monoisotopic (exact) mass is 1460 g/mol. The minimum absolute atomic E-state index is 0. The average molecular weight is 1460 g/mol. The second kappa shape index (κ2) is 39.1. The second-order valence-corrected chi connectivity index (χ2v) is 21.6. The molecule has 0 fully saturated rings. The van der Waals surface area contributed by atoms with Crippen molar-refractivity contribution in [1.82, 2.24) is 39.6 Å². The largest absolute Gasteiger partial charge is 2.00 e. The van der Waals surface area contributed by atoms with Crippen LogP contribution in [0.4, 0.5) is 0 Å². The van der Waals surface area contributed by atoms with Crippen LogP contribution < -0.4 is 68.4 Å². The van der Waals surface area contributed by atoms with Crippen LogP contribution in [0.25, 0.3) is 45.0 Å². The number of rotatable bonds is 16. The molecule has 0 N–H and O–H groups in total. The number of halogens is 4. The first-order chi connectivity index (χ1) is 40.9. The summed E-state index contributed by atoms with van der Waals surface area (Å²) in [5, 5.41) is 18.6. The number of hydrogen-bond acceptors (Lipinski definition) is 4. The van der Waals surface area contributed by atoms with E-state index in [1.165, 1.54) is 22.3 Å². The fourth-order valence-corrected chi connectivity index (χ4v) is 9.03. The third-order valence-electron chi connectivity index (χ3n) is 13.6. The van der Waals surface area contributed by atoms with Gasteiger partial charge in [-0.15, -0.1) is 70.8 Å². The van der Waals surface area contributed by atoms with E-state index in [1.807, 2.05) is 135 Å². The predicted molar refractivity (Wildman–Crippen MR) is 330 cm³/mol. The molecule has 0 aliphatic heterocycles. The van der Waals surface area contributed by atoms with Crippen LogP contribution in [0.5, 0.6) is 0 Å². The molecule has 0 bridgehead atoms. The van der Waals surface area contributed by atoms with Gasteiger partial charge in [-0.3, -0.25) is 0 Å². The summed E-state index contributed by atoms with van der Waals surface area (Å²) in [6.07, 6.45) is 13.5. The molecule has 12 rings (SSSR count). The van der Waals surface area contributed by atoms with Crippen LogP contribution in [0.1, 0.15) is 102 Å². The van der Waals surface area contributed by atoms with E-state index in [4.69, 9.17) is 0 Å². The quantitative estimate of drug-likeness (QED) is 0.0825. The van der Waals surface area contributed by atoms with E-state index in [1.54, 1.807) is 0 Å². The molecule has 18 heteroatoms. The molecule has 0 spiro atoms. The molecule has 0 aliphatic rings. The molecule has 0 aliphatic carbocycles. The van der Waals surface area contributed by atoms with Crippen LogP contribution in [0.2, 0.25) is 0 Å². The van der Waals surface area contributed by atoms with Crippen molar-refractivity contribution in [3.05, 3.63) is 290 Å². The molecule has 12 aromatic rings. The van der Waals surface area contributed by atoms with Crippen LogP contribution in [-0.4, -0.2) is 39.6 Å². The van der Waals surface area contributed by atoms with Gasteiger partial charge in [0.05, 0.1) is 45.0 Å².